The third-order valence-corrected chi connectivity index (χ3v) is 6.94. The SMILES string of the molecule is COc1ccc([C@@H](C(=O)NC[C@H]2CCCO2)N(Cc2ccccc2Cl)C(=O)CNC(=O)c2ccco2)cc1OC. The second-order valence-electron chi connectivity index (χ2n) is 9.17. The first kappa shape index (κ1) is 29.0. The van der Waals surface area contributed by atoms with E-state index in [1.54, 1.807) is 48.5 Å². The van der Waals surface area contributed by atoms with Crippen molar-refractivity contribution < 1.29 is 33.0 Å². The van der Waals surface area contributed by atoms with Gasteiger partial charge >= 0.3 is 0 Å². The van der Waals surface area contributed by atoms with Crippen molar-refractivity contribution in [2.75, 3.05) is 33.9 Å². The van der Waals surface area contributed by atoms with Crippen LogP contribution in [-0.2, 0) is 20.9 Å². The molecule has 3 amide bonds. The van der Waals surface area contributed by atoms with Crippen molar-refractivity contribution in [1.29, 1.82) is 0 Å². The largest absolute Gasteiger partial charge is 0.493 e. The molecule has 1 fully saturated rings. The van der Waals surface area contributed by atoms with Crippen molar-refractivity contribution in [1.82, 2.24) is 15.5 Å². The Hall–Kier alpha value is -4.02. The maximum atomic E-state index is 13.8. The van der Waals surface area contributed by atoms with Crippen molar-refractivity contribution in [3.05, 3.63) is 82.8 Å². The summed E-state index contributed by atoms with van der Waals surface area (Å²) in [6.07, 6.45) is 3.02. The average molecular weight is 570 g/mol. The summed E-state index contributed by atoms with van der Waals surface area (Å²) >= 11 is 6.46. The number of amides is 3. The molecule has 0 spiro atoms. The van der Waals surface area contributed by atoms with Crippen LogP contribution in [0.2, 0.25) is 5.02 Å². The molecule has 0 saturated carbocycles. The lowest BCUT2D eigenvalue weighted by Crippen LogP contribution is -2.48. The number of hydrogen-bond donors (Lipinski definition) is 2. The smallest absolute Gasteiger partial charge is 0.287 e. The van der Waals surface area contributed by atoms with E-state index in [1.807, 2.05) is 0 Å². The number of halogens is 1. The van der Waals surface area contributed by atoms with Gasteiger partial charge in [0, 0.05) is 24.7 Å². The summed E-state index contributed by atoms with van der Waals surface area (Å²) in [6, 6.07) is 14.1. The van der Waals surface area contributed by atoms with Gasteiger partial charge in [-0.05, 0) is 54.3 Å². The molecule has 0 radical (unpaired) electrons. The number of rotatable bonds is 12. The molecule has 1 aromatic heterocycles. The summed E-state index contributed by atoms with van der Waals surface area (Å²) in [6.45, 7) is 0.562. The van der Waals surface area contributed by atoms with Crippen LogP contribution in [0.3, 0.4) is 0 Å². The average Bonchev–Trinajstić information content (AvgIpc) is 3.70. The van der Waals surface area contributed by atoms with E-state index in [4.69, 9.17) is 30.2 Å². The van der Waals surface area contributed by atoms with Gasteiger partial charge in [0.15, 0.2) is 17.3 Å². The number of carbonyl (C=O) groups excluding carboxylic acids is 3. The molecule has 2 aromatic carbocycles. The number of methoxy groups -OCH3 is 2. The van der Waals surface area contributed by atoms with Crippen LogP contribution in [0.25, 0.3) is 0 Å². The van der Waals surface area contributed by atoms with E-state index >= 15 is 0 Å². The lowest BCUT2D eigenvalue weighted by Gasteiger charge is -2.32. The zero-order chi connectivity index (χ0) is 28.5. The standard InChI is InChI=1S/C29H32ClN3O7/c1-37-23-12-11-19(15-25(23)38-2)27(29(36)31-16-21-8-5-13-39-21)33(18-20-7-3-4-9-22(20)30)26(34)17-32-28(35)24-10-6-14-40-24/h3-4,6-7,9-12,14-15,21,27H,5,8,13,16-18H2,1-2H3,(H,31,36)(H,32,35)/t21-,27+/m1/s1. The summed E-state index contributed by atoms with van der Waals surface area (Å²) in [4.78, 5) is 41.5. The molecule has 0 unspecified atom stereocenters. The molecule has 2 atom stereocenters. The normalized spacial score (nSPS) is 15.2. The number of benzene rings is 2. The monoisotopic (exact) mass is 569 g/mol. The van der Waals surface area contributed by atoms with E-state index in [1.165, 1.54) is 31.4 Å². The van der Waals surface area contributed by atoms with Crippen LogP contribution in [0.4, 0.5) is 0 Å². The first-order valence-corrected chi connectivity index (χ1v) is 13.2. The number of nitrogens with one attached hydrogen (secondary N) is 2. The van der Waals surface area contributed by atoms with Crippen molar-refractivity contribution in [3.8, 4) is 11.5 Å². The molecule has 0 bridgehead atoms. The highest BCUT2D eigenvalue weighted by Gasteiger charge is 2.33. The van der Waals surface area contributed by atoms with Crippen LogP contribution in [0, 0.1) is 0 Å². The van der Waals surface area contributed by atoms with Crippen LogP contribution in [0.15, 0.2) is 65.3 Å². The minimum Gasteiger partial charge on any atom is -0.493 e. The zero-order valence-corrected chi connectivity index (χ0v) is 23.1. The van der Waals surface area contributed by atoms with E-state index in [9.17, 15) is 14.4 Å². The Morgan fingerprint density at radius 3 is 2.52 bits per heavy atom. The first-order valence-electron chi connectivity index (χ1n) is 12.9. The number of hydrogen-bond acceptors (Lipinski definition) is 7. The molecule has 2 heterocycles. The van der Waals surface area contributed by atoms with Gasteiger partial charge in [-0.3, -0.25) is 14.4 Å². The highest BCUT2D eigenvalue weighted by Crippen LogP contribution is 2.33. The second kappa shape index (κ2) is 13.9. The Balaban J connectivity index is 1.69. The van der Waals surface area contributed by atoms with Gasteiger partial charge in [-0.2, -0.15) is 0 Å². The molecule has 1 aliphatic rings. The minimum atomic E-state index is -1.09. The second-order valence-corrected chi connectivity index (χ2v) is 9.58. The third kappa shape index (κ3) is 7.13. The number of ether oxygens (including phenoxy) is 3. The van der Waals surface area contributed by atoms with Gasteiger partial charge in [0.05, 0.1) is 33.1 Å². The van der Waals surface area contributed by atoms with E-state index in [0.29, 0.717) is 40.8 Å². The van der Waals surface area contributed by atoms with Gasteiger partial charge < -0.3 is 34.2 Å². The Labute approximate surface area is 237 Å². The number of nitrogens with zero attached hydrogens (tertiary/aromatic N) is 1. The van der Waals surface area contributed by atoms with E-state index in [2.05, 4.69) is 10.6 Å². The summed E-state index contributed by atoms with van der Waals surface area (Å²) in [5, 5.41) is 5.96. The number of carbonyl (C=O) groups is 3. The molecule has 1 aliphatic heterocycles. The molecule has 1 saturated heterocycles. The maximum Gasteiger partial charge on any atom is 0.287 e. The zero-order valence-electron chi connectivity index (χ0n) is 22.4. The quantitative estimate of drug-likeness (QED) is 0.341. The molecule has 40 heavy (non-hydrogen) atoms. The molecular weight excluding hydrogens is 538 g/mol. The van der Waals surface area contributed by atoms with Gasteiger partial charge in [-0.15, -0.1) is 0 Å². The van der Waals surface area contributed by atoms with Gasteiger partial charge in [-0.25, -0.2) is 0 Å². The van der Waals surface area contributed by atoms with Crippen LogP contribution in [-0.4, -0.2) is 62.6 Å². The fourth-order valence-corrected chi connectivity index (χ4v) is 4.69. The highest BCUT2D eigenvalue weighted by molar-refractivity contribution is 6.31. The summed E-state index contributed by atoms with van der Waals surface area (Å²) in [7, 11) is 3.00. The Kier molecular flexibility index (Phi) is 10.0. The van der Waals surface area contributed by atoms with Crippen LogP contribution < -0.4 is 20.1 Å². The van der Waals surface area contributed by atoms with Crippen molar-refractivity contribution >= 4 is 29.3 Å². The molecule has 10 nitrogen and oxygen atoms in total. The van der Waals surface area contributed by atoms with Crippen molar-refractivity contribution in [2.45, 2.75) is 31.5 Å². The third-order valence-electron chi connectivity index (χ3n) is 6.58. The van der Waals surface area contributed by atoms with Crippen LogP contribution in [0.5, 0.6) is 11.5 Å². The van der Waals surface area contributed by atoms with Gasteiger partial charge in [0.2, 0.25) is 11.8 Å². The summed E-state index contributed by atoms with van der Waals surface area (Å²) in [5.41, 5.74) is 1.12. The maximum absolute atomic E-state index is 13.8. The lowest BCUT2D eigenvalue weighted by molar-refractivity contribution is -0.141. The van der Waals surface area contributed by atoms with Crippen LogP contribution in [0.1, 0.15) is 40.6 Å². The fourth-order valence-electron chi connectivity index (χ4n) is 4.50. The topological polar surface area (TPSA) is 119 Å². The molecule has 0 aliphatic carbocycles. The van der Waals surface area contributed by atoms with E-state index < -0.39 is 23.8 Å². The fraction of sp³-hybridized carbons (Fsp3) is 0.345. The highest BCUT2D eigenvalue weighted by atomic mass is 35.5. The van der Waals surface area contributed by atoms with Gasteiger partial charge in [0.1, 0.15) is 6.04 Å². The molecule has 4 rings (SSSR count). The predicted molar refractivity (Wildman–Crippen MR) is 147 cm³/mol. The van der Waals surface area contributed by atoms with Crippen molar-refractivity contribution in [3.63, 3.8) is 0 Å². The first-order chi connectivity index (χ1) is 19.4. The van der Waals surface area contributed by atoms with Crippen molar-refractivity contribution in [2.24, 2.45) is 0 Å². The van der Waals surface area contributed by atoms with E-state index in [0.717, 1.165) is 12.8 Å². The molecule has 11 heteroatoms. The van der Waals surface area contributed by atoms with Gasteiger partial charge in [0.25, 0.3) is 5.91 Å². The predicted octanol–water partition coefficient (Wildman–Crippen LogP) is 3.75. The Morgan fingerprint density at radius 2 is 1.85 bits per heavy atom. The van der Waals surface area contributed by atoms with Gasteiger partial charge in [-0.1, -0.05) is 35.9 Å². The van der Waals surface area contributed by atoms with Crippen LogP contribution >= 0.6 is 11.6 Å². The molecule has 3 aromatic rings. The lowest BCUT2D eigenvalue weighted by atomic mass is 10.0. The summed E-state index contributed by atoms with van der Waals surface area (Å²) in [5.74, 6) is -0.544. The Morgan fingerprint density at radius 1 is 1.05 bits per heavy atom. The summed E-state index contributed by atoms with van der Waals surface area (Å²) < 4.78 is 21.6. The minimum absolute atomic E-state index is 0.00148. The number of furan rings is 1. The molecule has 2 N–H and O–H groups in total. The molecule has 212 valence electrons. The Bertz CT molecular complexity index is 1310. The molecular formula is C29H32ClN3O7. The van der Waals surface area contributed by atoms with E-state index in [-0.39, 0.29) is 25.0 Å².